The Morgan fingerprint density at radius 2 is 2.04 bits per heavy atom. The van der Waals surface area contributed by atoms with Gasteiger partial charge in [-0.15, -0.1) is 0 Å². The van der Waals surface area contributed by atoms with E-state index in [4.69, 9.17) is 10.5 Å². The van der Waals surface area contributed by atoms with Crippen LogP contribution in [0.15, 0.2) is 18.2 Å². The summed E-state index contributed by atoms with van der Waals surface area (Å²) in [7, 11) is 1.35. The molecule has 1 atom stereocenters. The van der Waals surface area contributed by atoms with E-state index in [9.17, 15) is 9.59 Å². The van der Waals surface area contributed by atoms with Gasteiger partial charge in [-0.2, -0.15) is 0 Å². The van der Waals surface area contributed by atoms with Crippen molar-refractivity contribution in [3.63, 3.8) is 0 Å². The van der Waals surface area contributed by atoms with Crippen molar-refractivity contribution < 1.29 is 19.1 Å². The lowest BCUT2D eigenvalue weighted by Crippen LogP contribution is -2.39. The van der Waals surface area contributed by atoms with Crippen LogP contribution in [-0.2, 0) is 20.7 Å². The van der Waals surface area contributed by atoms with Crippen LogP contribution in [-0.4, -0.2) is 31.3 Å². The molecule has 2 rings (SSSR count). The molecule has 0 bridgehead atoms. The maximum atomic E-state index is 12.4. The minimum Gasteiger partial charge on any atom is -0.469 e. The lowest BCUT2D eigenvalue weighted by Gasteiger charge is -2.32. The number of amides is 1. The molecule has 6 heteroatoms. The summed E-state index contributed by atoms with van der Waals surface area (Å²) in [6.45, 7) is 6.19. The van der Waals surface area contributed by atoms with E-state index in [1.165, 1.54) is 7.11 Å². The average molecular weight is 334 g/mol. The number of nitrogens with zero attached hydrogens (tertiary/aromatic N) is 1. The van der Waals surface area contributed by atoms with Crippen LogP contribution in [0.2, 0.25) is 0 Å². The molecule has 1 amide bonds. The first kappa shape index (κ1) is 18.3. The minimum absolute atomic E-state index is 0.130. The van der Waals surface area contributed by atoms with E-state index in [1.54, 1.807) is 4.90 Å². The number of hydrogen-bond acceptors (Lipinski definition) is 5. The van der Waals surface area contributed by atoms with Gasteiger partial charge in [0.2, 0.25) is 0 Å². The van der Waals surface area contributed by atoms with Crippen molar-refractivity contribution in [2.45, 2.75) is 51.7 Å². The Hall–Kier alpha value is -2.08. The first-order chi connectivity index (χ1) is 11.2. The third-order valence-corrected chi connectivity index (χ3v) is 3.88. The summed E-state index contributed by atoms with van der Waals surface area (Å²) in [5.74, 6) is -0.337. The smallest absolute Gasteiger partial charge is 0.414 e. The number of hydrogen-bond donors (Lipinski definition) is 1. The number of aryl methyl sites for hydroxylation is 1. The Balaban J connectivity index is 2.20. The SMILES string of the molecule is COC(=O)CC(N)c1ccc2c(c1)CCCN2C(=O)OC(C)(C)C. The maximum absolute atomic E-state index is 12.4. The summed E-state index contributed by atoms with van der Waals surface area (Å²) in [6, 6.07) is 5.29. The number of ether oxygens (including phenoxy) is 2. The fraction of sp³-hybridized carbons (Fsp3) is 0.556. The first-order valence-corrected chi connectivity index (χ1v) is 8.17. The van der Waals surface area contributed by atoms with E-state index in [-0.39, 0.29) is 18.5 Å². The average Bonchev–Trinajstić information content (AvgIpc) is 2.51. The van der Waals surface area contributed by atoms with Crippen molar-refractivity contribution in [2.24, 2.45) is 5.73 Å². The van der Waals surface area contributed by atoms with Crippen LogP contribution < -0.4 is 10.6 Å². The fourth-order valence-corrected chi connectivity index (χ4v) is 2.74. The molecule has 1 unspecified atom stereocenters. The number of anilines is 1. The third kappa shape index (κ3) is 4.47. The van der Waals surface area contributed by atoms with Gasteiger partial charge < -0.3 is 15.2 Å². The van der Waals surface area contributed by atoms with Gasteiger partial charge in [-0.05, 0) is 50.8 Å². The number of fused-ring (bicyclic) bond motifs is 1. The summed E-state index contributed by atoms with van der Waals surface area (Å²) in [5.41, 5.74) is 8.31. The molecular formula is C18H26N2O4. The van der Waals surface area contributed by atoms with E-state index in [1.807, 2.05) is 39.0 Å². The molecule has 132 valence electrons. The highest BCUT2D eigenvalue weighted by atomic mass is 16.6. The molecule has 0 saturated heterocycles. The van der Waals surface area contributed by atoms with Gasteiger partial charge in [0.15, 0.2) is 0 Å². The molecule has 0 aromatic heterocycles. The van der Waals surface area contributed by atoms with Gasteiger partial charge in [-0.1, -0.05) is 12.1 Å². The number of benzene rings is 1. The zero-order chi connectivity index (χ0) is 17.9. The molecule has 0 radical (unpaired) electrons. The third-order valence-electron chi connectivity index (χ3n) is 3.88. The number of nitrogens with two attached hydrogens (primary N) is 1. The van der Waals surface area contributed by atoms with Crippen molar-refractivity contribution in [1.29, 1.82) is 0 Å². The van der Waals surface area contributed by atoms with Crippen LogP contribution in [0.5, 0.6) is 0 Å². The summed E-state index contributed by atoms with van der Waals surface area (Å²) in [5, 5.41) is 0. The zero-order valence-electron chi connectivity index (χ0n) is 14.8. The maximum Gasteiger partial charge on any atom is 0.414 e. The predicted molar refractivity (Wildman–Crippen MR) is 91.9 cm³/mol. The summed E-state index contributed by atoms with van der Waals surface area (Å²) < 4.78 is 10.1. The molecule has 0 aliphatic carbocycles. The standard InChI is InChI=1S/C18H26N2O4/c1-18(2,3)24-17(22)20-9-5-6-13-10-12(7-8-15(13)20)14(19)11-16(21)23-4/h7-8,10,14H,5-6,9,11,19H2,1-4H3. The molecular weight excluding hydrogens is 308 g/mol. The Morgan fingerprint density at radius 1 is 1.33 bits per heavy atom. The first-order valence-electron chi connectivity index (χ1n) is 8.17. The summed E-state index contributed by atoms with van der Waals surface area (Å²) in [6.07, 6.45) is 1.52. The summed E-state index contributed by atoms with van der Waals surface area (Å²) in [4.78, 5) is 25.5. The molecule has 24 heavy (non-hydrogen) atoms. The highest BCUT2D eigenvalue weighted by molar-refractivity contribution is 5.89. The Bertz CT molecular complexity index is 622. The van der Waals surface area contributed by atoms with Gasteiger partial charge in [0.25, 0.3) is 0 Å². The van der Waals surface area contributed by atoms with Gasteiger partial charge in [0.1, 0.15) is 5.60 Å². The van der Waals surface area contributed by atoms with Gasteiger partial charge in [-0.25, -0.2) is 4.79 Å². The van der Waals surface area contributed by atoms with E-state index < -0.39 is 11.6 Å². The highest BCUT2D eigenvalue weighted by Gasteiger charge is 2.27. The van der Waals surface area contributed by atoms with Crippen molar-refractivity contribution >= 4 is 17.7 Å². The molecule has 1 aromatic rings. The molecule has 1 aromatic carbocycles. The normalized spacial score (nSPS) is 15.5. The van der Waals surface area contributed by atoms with Crippen molar-refractivity contribution in [3.05, 3.63) is 29.3 Å². The lowest BCUT2D eigenvalue weighted by molar-refractivity contribution is -0.141. The van der Waals surface area contributed by atoms with E-state index in [2.05, 4.69) is 4.74 Å². The molecule has 0 spiro atoms. The van der Waals surface area contributed by atoms with Crippen LogP contribution in [0.1, 0.15) is 50.8 Å². The van der Waals surface area contributed by atoms with Crippen molar-refractivity contribution in [1.82, 2.24) is 0 Å². The highest BCUT2D eigenvalue weighted by Crippen LogP contribution is 2.31. The molecule has 2 N–H and O–H groups in total. The zero-order valence-corrected chi connectivity index (χ0v) is 14.8. The minimum atomic E-state index is -0.530. The lowest BCUT2D eigenvalue weighted by atomic mass is 9.96. The number of rotatable bonds is 3. The fourth-order valence-electron chi connectivity index (χ4n) is 2.74. The number of esters is 1. The number of carbonyl (C=O) groups is 2. The van der Waals surface area contributed by atoms with Gasteiger partial charge >= 0.3 is 12.1 Å². The van der Waals surface area contributed by atoms with Crippen LogP contribution >= 0.6 is 0 Å². The Kier molecular flexibility index (Phi) is 5.49. The largest absolute Gasteiger partial charge is 0.469 e. The Labute approximate surface area is 142 Å². The quantitative estimate of drug-likeness (QED) is 0.860. The van der Waals surface area contributed by atoms with Crippen molar-refractivity contribution in [3.8, 4) is 0 Å². The van der Waals surface area contributed by atoms with Gasteiger partial charge in [-0.3, -0.25) is 9.69 Å². The number of carbonyl (C=O) groups excluding carboxylic acids is 2. The van der Waals surface area contributed by atoms with Crippen LogP contribution in [0, 0.1) is 0 Å². The van der Waals surface area contributed by atoms with Gasteiger partial charge in [0.05, 0.1) is 19.2 Å². The molecule has 1 aliphatic rings. The second-order valence-electron chi connectivity index (χ2n) is 7.01. The van der Waals surface area contributed by atoms with E-state index in [0.29, 0.717) is 6.54 Å². The molecule has 0 saturated carbocycles. The van der Waals surface area contributed by atoms with Crippen LogP contribution in [0.3, 0.4) is 0 Å². The second kappa shape index (κ2) is 7.21. The molecule has 1 heterocycles. The molecule has 6 nitrogen and oxygen atoms in total. The topological polar surface area (TPSA) is 81.9 Å². The second-order valence-corrected chi connectivity index (χ2v) is 7.01. The summed E-state index contributed by atoms with van der Waals surface area (Å²) >= 11 is 0. The predicted octanol–water partition coefficient (Wildman–Crippen LogP) is 2.94. The van der Waals surface area contributed by atoms with Crippen LogP contribution in [0.4, 0.5) is 10.5 Å². The van der Waals surface area contributed by atoms with Crippen molar-refractivity contribution in [2.75, 3.05) is 18.6 Å². The van der Waals surface area contributed by atoms with Gasteiger partial charge in [0, 0.05) is 12.6 Å². The van der Waals surface area contributed by atoms with E-state index in [0.717, 1.165) is 29.7 Å². The van der Waals surface area contributed by atoms with E-state index >= 15 is 0 Å². The van der Waals surface area contributed by atoms with Crippen LogP contribution in [0.25, 0.3) is 0 Å². The Morgan fingerprint density at radius 3 is 2.67 bits per heavy atom. The molecule has 0 fully saturated rings. The monoisotopic (exact) mass is 334 g/mol. The number of methoxy groups -OCH3 is 1. The molecule has 1 aliphatic heterocycles.